The Morgan fingerprint density at radius 3 is 2.74 bits per heavy atom. The van der Waals surface area contributed by atoms with Crippen LogP contribution in [0.2, 0.25) is 0 Å². The number of nitrogens with zero attached hydrogens (tertiary/aromatic N) is 1. The molecule has 2 atom stereocenters. The SMILES string of the molecule is CCN(CC)CC1COc2c(OC)cccc2C1N. The van der Waals surface area contributed by atoms with Gasteiger partial charge in [0.2, 0.25) is 0 Å². The Morgan fingerprint density at radius 1 is 1.37 bits per heavy atom. The van der Waals surface area contributed by atoms with Crippen LogP contribution in [0.3, 0.4) is 0 Å². The first-order chi connectivity index (χ1) is 9.21. The molecule has 0 radical (unpaired) electrons. The van der Waals surface area contributed by atoms with E-state index in [1.165, 1.54) is 0 Å². The van der Waals surface area contributed by atoms with Crippen LogP contribution in [-0.4, -0.2) is 38.3 Å². The topological polar surface area (TPSA) is 47.7 Å². The number of methoxy groups -OCH3 is 1. The third kappa shape index (κ3) is 2.85. The molecule has 1 aromatic rings. The minimum atomic E-state index is 0.0134. The van der Waals surface area contributed by atoms with Crippen molar-refractivity contribution in [3.8, 4) is 11.5 Å². The van der Waals surface area contributed by atoms with Crippen molar-refractivity contribution < 1.29 is 9.47 Å². The maximum atomic E-state index is 6.41. The fourth-order valence-electron chi connectivity index (χ4n) is 2.64. The number of hydrogen-bond acceptors (Lipinski definition) is 4. The van der Waals surface area contributed by atoms with Crippen LogP contribution in [0.1, 0.15) is 25.5 Å². The van der Waals surface area contributed by atoms with Gasteiger partial charge in [-0.25, -0.2) is 0 Å². The van der Waals surface area contributed by atoms with Crippen molar-refractivity contribution in [3.63, 3.8) is 0 Å². The minimum absolute atomic E-state index is 0.0134. The highest BCUT2D eigenvalue weighted by Crippen LogP contribution is 2.40. The van der Waals surface area contributed by atoms with E-state index in [4.69, 9.17) is 15.2 Å². The number of ether oxygens (including phenoxy) is 2. The summed E-state index contributed by atoms with van der Waals surface area (Å²) in [5.41, 5.74) is 7.47. The number of hydrogen-bond donors (Lipinski definition) is 1. The summed E-state index contributed by atoms with van der Waals surface area (Å²) in [7, 11) is 1.66. The Labute approximate surface area is 115 Å². The van der Waals surface area contributed by atoms with Gasteiger partial charge < -0.3 is 20.1 Å². The zero-order chi connectivity index (χ0) is 13.8. The normalized spacial score (nSPS) is 21.9. The lowest BCUT2D eigenvalue weighted by Gasteiger charge is -2.34. The molecular weight excluding hydrogens is 240 g/mol. The van der Waals surface area contributed by atoms with Gasteiger partial charge in [-0.1, -0.05) is 26.0 Å². The van der Waals surface area contributed by atoms with Crippen molar-refractivity contribution in [2.24, 2.45) is 11.7 Å². The summed E-state index contributed by atoms with van der Waals surface area (Å²) >= 11 is 0. The van der Waals surface area contributed by atoms with Crippen LogP contribution >= 0.6 is 0 Å². The Balaban J connectivity index is 2.17. The number of para-hydroxylation sites is 1. The first-order valence-corrected chi connectivity index (χ1v) is 6.98. The van der Waals surface area contributed by atoms with Gasteiger partial charge in [0.25, 0.3) is 0 Å². The zero-order valence-corrected chi connectivity index (χ0v) is 12.1. The summed E-state index contributed by atoms with van der Waals surface area (Å²) in [6.07, 6.45) is 0. The maximum absolute atomic E-state index is 6.41. The van der Waals surface area contributed by atoms with E-state index >= 15 is 0 Å². The summed E-state index contributed by atoms with van der Waals surface area (Å²) in [6, 6.07) is 5.94. The van der Waals surface area contributed by atoms with Gasteiger partial charge in [-0.15, -0.1) is 0 Å². The van der Waals surface area contributed by atoms with Crippen molar-refractivity contribution in [3.05, 3.63) is 23.8 Å². The van der Waals surface area contributed by atoms with Crippen LogP contribution < -0.4 is 15.2 Å². The molecule has 1 aliphatic heterocycles. The molecule has 4 heteroatoms. The van der Waals surface area contributed by atoms with Crippen molar-refractivity contribution in [1.29, 1.82) is 0 Å². The molecule has 0 amide bonds. The number of benzene rings is 1. The van der Waals surface area contributed by atoms with Gasteiger partial charge in [-0.3, -0.25) is 0 Å². The van der Waals surface area contributed by atoms with Crippen LogP contribution in [0.4, 0.5) is 0 Å². The fourth-order valence-corrected chi connectivity index (χ4v) is 2.64. The molecule has 1 heterocycles. The van der Waals surface area contributed by atoms with E-state index in [-0.39, 0.29) is 6.04 Å². The van der Waals surface area contributed by atoms with Crippen molar-refractivity contribution in [1.82, 2.24) is 4.90 Å². The Kier molecular flexibility index (Phi) is 4.66. The van der Waals surface area contributed by atoms with E-state index in [9.17, 15) is 0 Å². The van der Waals surface area contributed by atoms with E-state index in [0.717, 1.165) is 36.7 Å². The zero-order valence-electron chi connectivity index (χ0n) is 12.1. The third-order valence-electron chi connectivity index (χ3n) is 3.93. The standard InChI is InChI=1S/C15H24N2O2/c1-4-17(5-2)9-11-10-19-15-12(14(11)16)7-6-8-13(15)18-3/h6-8,11,14H,4-5,9-10,16H2,1-3H3. The van der Waals surface area contributed by atoms with E-state index < -0.39 is 0 Å². The van der Waals surface area contributed by atoms with Crippen molar-refractivity contribution in [2.45, 2.75) is 19.9 Å². The van der Waals surface area contributed by atoms with Crippen LogP contribution in [0.25, 0.3) is 0 Å². The van der Waals surface area contributed by atoms with Gasteiger partial charge in [0, 0.05) is 24.1 Å². The fraction of sp³-hybridized carbons (Fsp3) is 0.600. The monoisotopic (exact) mass is 264 g/mol. The lowest BCUT2D eigenvalue weighted by Crippen LogP contribution is -2.40. The van der Waals surface area contributed by atoms with Crippen LogP contribution in [0, 0.1) is 5.92 Å². The number of fused-ring (bicyclic) bond motifs is 1. The molecule has 0 fully saturated rings. The summed E-state index contributed by atoms with van der Waals surface area (Å²) in [6.45, 7) is 8.08. The van der Waals surface area contributed by atoms with E-state index in [1.54, 1.807) is 7.11 Å². The van der Waals surface area contributed by atoms with Gasteiger partial charge in [-0.2, -0.15) is 0 Å². The Hall–Kier alpha value is -1.26. The summed E-state index contributed by atoms with van der Waals surface area (Å²) < 4.78 is 11.2. The molecule has 1 aliphatic rings. The van der Waals surface area contributed by atoms with Gasteiger partial charge in [-0.05, 0) is 19.2 Å². The molecule has 2 unspecified atom stereocenters. The second-order valence-corrected chi connectivity index (χ2v) is 4.96. The second kappa shape index (κ2) is 6.26. The predicted octanol–water partition coefficient (Wildman–Crippen LogP) is 2.05. The first kappa shape index (κ1) is 14.2. The molecule has 0 aliphatic carbocycles. The molecule has 2 rings (SSSR count). The number of rotatable bonds is 5. The molecular formula is C15H24N2O2. The quantitative estimate of drug-likeness (QED) is 0.884. The molecule has 0 saturated carbocycles. The van der Waals surface area contributed by atoms with Crippen LogP contribution in [-0.2, 0) is 0 Å². The van der Waals surface area contributed by atoms with E-state index in [1.807, 2.05) is 18.2 Å². The first-order valence-electron chi connectivity index (χ1n) is 6.98. The summed E-state index contributed by atoms with van der Waals surface area (Å²) in [4.78, 5) is 2.39. The molecule has 106 valence electrons. The minimum Gasteiger partial charge on any atom is -0.493 e. The maximum Gasteiger partial charge on any atom is 0.165 e. The molecule has 1 aromatic carbocycles. The average molecular weight is 264 g/mol. The van der Waals surface area contributed by atoms with Gasteiger partial charge in [0.05, 0.1) is 13.7 Å². The van der Waals surface area contributed by atoms with Crippen molar-refractivity contribution in [2.75, 3.05) is 33.4 Å². The lowest BCUT2D eigenvalue weighted by molar-refractivity contribution is 0.141. The number of nitrogens with two attached hydrogens (primary N) is 1. The molecule has 0 saturated heterocycles. The predicted molar refractivity (Wildman–Crippen MR) is 76.7 cm³/mol. The largest absolute Gasteiger partial charge is 0.493 e. The van der Waals surface area contributed by atoms with Gasteiger partial charge >= 0.3 is 0 Å². The molecule has 19 heavy (non-hydrogen) atoms. The Morgan fingerprint density at radius 2 is 2.11 bits per heavy atom. The average Bonchev–Trinajstić information content (AvgIpc) is 2.46. The second-order valence-electron chi connectivity index (χ2n) is 4.96. The molecule has 0 spiro atoms. The highest BCUT2D eigenvalue weighted by Gasteiger charge is 2.30. The van der Waals surface area contributed by atoms with E-state index in [2.05, 4.69) is 18.7 Å². The van der Waals surface area contributed by atoms with Crippen LogP contribution in [0.5, 0.6) is 11.5 Å². The van der Waals surface area contributed by atoms with E-state index in [0.29, 0.717) is 12.5 Å². The highest BCUT2D eigenvalue weighted by molar-refractivity contribution is 5.49. The van der Waals surface area contributed by atoms with Gasteiger partial charge in [0.1, 0.15) is 0 Å². The summed E-state index contributed by atoms with van der Waals surface area (Å²) in [5.74, 6) is 1.92. The molecule has 2 N–H and O–H groups in total. The smallest absolute Gasteiger partial charge is 0.165 e. The van der Waals surface area contributed by atoms with Crippen molar-refractivity contribution >= 4 is 0 Å². The highest BCUT2D eigenvalue weighted by atomic mass is 16.5. The van der Waals surface area contributed by atoms with Gasteiger partial charge in [0.15, 0.2) is 11.5 Å². The third-order valence-corrected chi connectivity index (χ3v) is 3.93. The molecule has 0 bridgehead atoms. The molecule has 4 nitrogen and oxygen atoms in total. The Bertz CT molecular complexity index is 419. The summed E-state index contributed by atoms with van der Waals surface area (Å²) in [5, 5.41) is 0. The van der Waals surface area contributed by atoms with Crippen LogP contribution in [0.15, 0.2) is 18.2 Å². The molecule has 0 aromatic heterocycles. The lowest BCUT2D eigenvalue weighted by atomic mass is 9.90.